The molecular formula is C19H18ClNO6S. The summed E-state index contributed by atoms with van der Waals surface area (Å²) in [6.45, 7) is 1.52. The summed E-state index contributed by atoms with van der Waals surface area (Å²) in [4.78, 5) is 23.4. The first-order valence-electron chi connectivity index (χ1n) is 8.65. The highest BCUT2D eigenvalue weighted by atomic mass is 35.5. The molecule has 0 aliphatic heterocycles. The maximum Gasteiger partial charge on any atom is 0.333 e. The third-order valence-corrected chi connectivity index (χ3v) is 7.75. The second-order valence-electron chi connectivity index (χ2n) is 6.75. The van der Waals surface area contributed by atoms with Crippen LogP contribution in [0.4, 0.5) is 5.69 Å². The first-order valence-corrected chi connectivity index (χ1v) is 10.5. The molecule has 1 aliphatic rings. The first-order chi connectivity index (χ1) is 13.2. The van der Waals surface area contributed by atoms with Crippen LogP contribution >= 0.6 is 11.6 Å². The van der Waals surface area contributed by atoms with E-state index in [1.54, 1.807) is 0 Å². The minimum Gasteiger partial charge on any atom is -0.425 e. The lowest BCUT2D eigenvalue weighted by Gasteiger charge is -2.26. The number of hydrogen-bond acceptors (Lipinski definition) is 6. The summed E-state index contributed by atoms with van der Waals surface area (Å²) in [5.41, 5.74) is 0.209. The van der Waals surface area contributed by atoms with E-state index in [0.717, 1.165) is 0 Å². The third kappa shape index (κ3) is 3.49. The summed E-state index contributed by atoms with van der Waals surface area (Å²) >= 11 is 5.84. The Morgan fingerprint density at radius 1 is 1.14 bits per heavy atom. The minimum absolute atomic E-state index is 0.00984. The van der Waals surface area contributed by atoms with E-state index in [4.69, 9.17) is 16.3 Å². The molecule has 3 rings (SSSR count). The highest BCUT2D eigenvalue weighted by Crippen LogP contribution is 2.42. The predicted molar refractivity (Wildman–Crippen MR) is 103 cm³/mol. The van der Waals surface area contributed by atoms with E-state index in [1.807, 2.05) is 0 Å². The number of aryl methyl sites for hydroxylation is 1. The molecule has 0 heterocycles. The Bertz CT molecular complexity index is 1030. The van der Waals surface area contributed by atoms with Crippen LogP contribution in [0.15, 0.2) is 47.4 Å². The Hall–Kier alpha value is -2.45. The molecular weight excluding hydrogens is 406 g/mol. The van der Waals surface area contributed by atoms with Crippen molar-refractivity contribution in [2.24, 2.45) is 0 Å². The Balaban J connectivity index is 1.95. The van der Waals surface area contributed by atoms with Gasteiger partial charge < -0.3 is 4.74 Å². The molecule has 0 saturated heterocycles. The zero-order chi connectivity index (χ0) is 20.5. The number of sulfone groups is 1. The number of carbonyl (C=O) groups excluding carboxylic acids is 1. The smallest absolute Gasteiger partial charge is 0.333 e. The van der Waals surface area contributed by atoms with Gasteiger partial charge in [0.25, 0.3) is 5.69 Å². The zero-order valence-corrected chi connectivity index (χ0v) is 16.6. The van der Waals surface area contributed by atoms with Gasteiger partial charge in [0, 0.05) is 16.7 Å². The van der Waals surface area contributed by atoms with Crippen LogP contribution < -0.4 is 4.74 Å². The van der Waals surface area contributed by atoms with Gasteiger partial charge in [-0.05, 0) is 56.2 Å². The van der Waals surface area contributed by atoms with Gasteiger partial charge in [0.2, 0.25) is 0 Å². The van der Waals surface area contributed by atoms with Gasteiger partial charge in [-0.1, -0.05) is 24.4 Å². The van der Waals surface area contributed by atoms with Crippen LogP contribution in [0.3, 0.4) is 0 Å². The maximum atomic E-state index is 13.3. The highest BCUT2D eigenvalue weighted by molar-refractivity contribution is 7.93. The number of nitro benzene ring substituents is 1. The van der Waals surface area contributed by atoms with E-state index in [0.29, 0.717) is 23.4 Å². The predicted octanol–water partition coefficient (Wildman–Crippen LogP) is 4.25. The molecule has 2 aromatic carbocycles. The van der Waals surface area contributed by atoms with Crippen LogP contribution in [-0.2, 0) is 14.6 Å². The van der Waals surface area contributed by atoms with Gasteiger partial charge in [-0.3, -0.25) is 10.1 Å². The zero-order valence-electron chi connectivity index (χ0n) is 15.1. The van der Waals surface area contributed by atoms with Crippen molar-refractivity contribution in [2.45, 2.75) is 42.2 Å². The molecule has 0 amide bonds. The third-order valence-electron chi connectivity index (χ3n) is 5.00. The molecule has 7 nitrogen and oxygen atoms in total. The first kappa shape index (κ1) is 20.3. The number of halogens is 1. The van der Waals surface area contributed by atoms with Crippen molar-refractivity contribution in [3.05, 3.63) is 63.2 Å². The molecule has 0 radical (unpaired) electrons. The number of benzene rings is 2. The monoisotopic (exact) mass is 423 g/mol. The second-order valence-corrected chi connectivity index (χ2v) is 9.45. The van der Waals surface area contributed by atoms with E-state index < -0.39 is 25.5 Å². The van der Waals surface area contributed by atoms with Crippen molar-refractivity contribution >= 4 is 33.1 Å². The van der Waals surface area contributed by atoms with Gasteiger partial charge >= 0.3 is 5.97 Å². The quantitative estimate of drug-likeness (QED) is 0.308. The molecule has 0 atom stereocenters. The highest BCUT2D eigenvalue weighted by Gasteiger charge is 2.54. The average molecular weight is 424 g/mol. The SMILES string of the molecule is Cc1cc(OC(=O)C2(S(=O)(=O)c3ccc(Cl)cc3)CCCC2)ccc1[N+](=O)[O-]. The number of carbonyl (C=O) groups is 1. The number of hydrogen-bond donors (Lipinski definition) is 0. The second kappa shape index (κ2) is 7.52. The lowest BCUT2D eigenvalue weighted by atomic mass is 10.1. The van der Waals surface area contributed by atoms with Crippen molar-refractivity contribution in [3.8, 4) is 5.75 Å². The molecule has 28 heavy (non-hydrogen) atoms. The van der Waals surface area contributed by atoms with E-state index >= 15 is 0 Å². The van der Waals surface area contributed by atoms with Gasteiger partial charge in [0.1, 0.15) is 5.75 Å². The Morgan fingerprint density at radius 3 is 2.29 bits per heavy atom. The molecule has 0 N–H and O–H groups in total. The van der Waals surface area contributed by atoms with E-state index in [1.165, 1.54) is 49.4 Å². The normalized spacial score (nSPS) is 15.9. The summed E-state index contributed by atoms with van der Waals surface area (Å²) in [6.07, 6.45) is 1.48. The van der Waals surface area contributed by atoms with Gasteiger partial charge in [0.05, 0.1) is 9.82 Å². The molecule has 0 bridgehead atoms. The molecule has 1 saturated carbocycles. The molecule has 0 unspecified atom stereocenters. The van der Waals surface area contributed by atoms with Gasteiger partial charge in [0.15, 0.2) is 14.6 Å². The molecule has 1 fully saturated rings. The average Bonchev–Trinajstić information content (AvgIpc) is 3.13. The van der Waals surface area contributed by atoms with Crippen molar-refractivity contribution in [1.82, 2.24) is 0 Å². The molecule has 148 valence electrons. The van der Waals surface area contributed by atoms with Crippen LogP contribution in [0.5, 0.6) is 5.75 Å². The van der Waals surface area contributed by atoms with E-state index in [2.05, 4.69) is 0 Å². The topological polar surface area (TPSA) is 104 Å². The number of rotatable bonds is 5. The maximum absolute atomic E-state index is 13.3. The van der Waals surface area contributed by atoms with E-state index in [-0.39, 0.29) is 29.2 Å². The molecule has 9 heteroatoms. The van der Waals surface area contributed by atoms with Crippen LogP contribution in [0.2, 0.25) is 5.02 Å². The van der Waals surface area contributed by atoms with Crippen LogP contribution in [-0.4, -0.2) is 24.1 Å². The minimum atomic E-state index is -4.01. The fraction of sp³-hybridized carbons (Fsp3) is 0.316. The molecule has 0 spiro atoms. The number of esters is 1. The molecule has 1 aliphatic carbocycles. The lowest BCUT2D eigenvalue weighted by Crippen LogP contribution is -2.46. The van der Waals surface area contributed by atoms with Gasteiger partial charge in [-0.15, -0.1) is 0 Å². The van der Waals surface area contributed by atoms with Crippen LogP contribution in [0.25, 0.3) is 0 Å². The Kier molecular flexibility index (Phi) is 5.45. The summed E-state index contributed by atoms with van der Waals surface area (Å²) in [6, 6.07) is 9.55. The van der Waals surface area contributed by atoms with Crippen molar-refractivity contribution in [1.29, 1.82) is 0 Å². The summed E-state index contributed by atoms with van der Waals surface area (Å²) in [5, 5.41) is 11.3. The molecule has 0 aromatic heterocycles. The van der Waals surface area contributed by atoms with Crippen molar-refractivity contribution < 1.29 is 22.9 Å². The Labute approximate surface area is 167 Å². The van der Waals surface area contributed by atoms with Crippen molar-refractivity contribution in [3.63, 3.8) is 0 Å². The number of nitro groups is 1. The van der Waals surface area contributed by atoms with Crippen LogP contribution in [0.1, 0.15) is 31.2 Å². The summed E-state index contributed by atoms with van der Waals surface area (Å²) < 4.78 is 30.3. The Morgan fingerprint density at radius 2 is 1.75 bits per heavy atom. The van der Waals surface area contributed by atoms with Crippen LogP contribution in [0, 0.1) is 17.0 Å². The van der Waals surface area contributed by atoms with Gasteiger partial charge in [-0.2, -0.15) is 0 Å². The number of nitrogens with zero attached hydrogens (tertiary/aromatic N) is 1. The fourth-order valence-electron chi connectivity index (χ4n) is 3.46. The lowest BCUT2D eigenvalue weighted by molar-refractivity contribution is -0.385. The largest absolute Gasteiger partial charge is 0.425 e. The molecule has 2 aromatic rings. The standard InChI is InChI=1S/C19H18ClNO6S/c1-13-12-15(6-9-17(13)21(23)24)27-18(22)19(10-2-3-11-19)28(25,26)16-7-4-14(20)5-8-16/h4-9,12H,2-3,10-11H2,1H3. The van der Waals surface area contributed by atoms with Crippen molar-refractivity contribution in [2.75, 3.05) is 0 Å². The summed E-state index contributed by atoms with van der Waals surface area (Å²) in [7, 11) is -4.01. The summed E-state index contributed by atoms with van der Waals surface area (Å²) in [5.74, 6) is -0.793. The van der Waals surface area contributed by atoms with E-state index in [9.17, 15) is 23.3 Å². The number of ether oxygens (including phenoxy) is 1. The fourth-order valence-corrected chi connectivity index (χ4v) is 5.62. The van der Waals surface area contributed by atoms with Gasteiger partial charge in [-0.25, -0.2) is 13.2 Å².